The number of hydrogen-bond donors (Lipinski definition) is 2. The first-order valence-corrected chi connectivity index (χ1v) is 7.02. The highest BCUT2D eigenvalue weighted by molar-refractivity contribution is 6.06. The SMILES string of the molecule is Cc1cc(C)c([N+](=O)[O-])c(C)c1C(=O)Nc1ccn(CC(=O)O)n1. The van der Waals surface area contributed by atoms with Crippen molar-refractivity contribution >= 4 is 23.4 Å². The zero-order valence-corrected chi connectivity index (χ0v) is 13.4. The number of rotatable bonds is 5. The molecule has 9 nitrogen and oxygen atoms in total. The van der Waals surface area contributed by atoms with Crippen molar-refractivity contribution in [2.45, 2.75) is 27.3 Å². The molecule has 0 fully saturated rings. The molecule has 0 spiro atoms. The number of anilines is 1. The number of nitro benzene ring substituents is 1. The molecule has 1 aromatic heterocycles. The van der Waals surface area contributed by atoms with E-state index in [0.29, 0.717) is 11.1 Å². The number of carboxylic acids is 1. The molecule has 24 heavy (non-hydrogen) atoms. The molecule has 0 bridgehead atoms. The van der Waals surface area contributed by atoms with Gasteiger partial charge in [0.1, 0.15) is 6.54 Å². The van der Waals surface area contributed by atoms with Gasteiger partial charge in [-0.15, -0.1) is 0 Å². The second-order valence-corrected chi connectivity index (χ2v) is 5.36. The maximum absolute atomic E-state index is 12.5. The van der Waals surface area contributed by atoms with E-state index in [1.54, 1.807) is 19.9 Å². The van der Waals surface area contributed by atoms with Gasteiger partial charge in [-0.1, -0.05) is 0 Å². The van der Waals surface area contributed by atoms with Crippen LogP contribution in [-0.2, 0) is 11.3 Å². The van der Waals surface area contributed by atoms with E-state index < -0.39 is 16.8 Å². The Labute approximate surface area is 137 Å². The van der Waals surface area contributed by atoms with Gasteiger partial charge in [-0.25, -0.2) is 0 Å². The van der Waals surface area contributed by atoms with Crippen LogP contribution in [0.4, 0.5) is 11.5 Å². The zero-order chi connectivity index (χ0) is 18.0. The Morgan fingerprint density at radius 3 is 2.58 bits per heavy atom. The van der Waals surface area contributed by atoms with E-state index in [0.717, 1.165) is 4.68 Å². The number of hydrogen-bond acceptors (Lipinski definition) is 5. The highest BCUT2D eigenvalue weighted by atomic mass is 16.6. The largest absolute Gasteiger partial charge is 0.480 e. The molecule has 0 saturated carbocycles. The van der Waals surface area contributed by atoms with Gasteiger partial charge in [0.05, 0.1) is 10.5 Å². The van der Waals surface area contributed by atoms with Crippen LogP contribution in [0.25, 0.3) is 0 Å². The Bertz CT molecular complexity index is 841. The molecule has 0 aliphatic rings. The van der Waals surface area contributed by atoms with Gasteiger partial charge in [-0.2, -0.15) is 5.10 Å². The third-order valence-electron chi connectivity index (χ3n) is 3.52. The highest BCUT2D eigenvalue weighted by Crippen LogP contribution is 2.29. The van der Waals surface area contributed by atoms with E-state index in [1.807, 2.05) is 0 Å². The van der Waals surface area contributed by atoms with Crippen molar-refractivity contribution in [1.82, 2.24) is 9.78 Å². The number of aromatic nitrogens is 2. The molecular formula is C15H16N4O5. The minimum Gasteiger partial charge on any atom is -0.480 e. The second kappa shape index (κ2) is 6.49. The zero-order valence-electron chi connectivity index (χ0n) is 13.4. The van der Waals surface area contributed by atoms with Crippen molar-refractivity contribution in [2.75, 3.05) is 5.32 Å². The van der Waals surface area contributed by atoms with Crippen LogP contribution >= 0.6 is 0 Å². The number of carboxylic acid groups (broad SMARTS) is 1. The van der Waals surface area contributed by atoms with Crippen LogP contribution in [0.2, 0.25) is 0 Å². The van der Waals surface area contributed by atoms with Crippen molar-refractivity contribution in [2.24, 2.45) is 0 Å². The van der Waals surface area contributed by atoms with E-state index in [9.17, 15) is 19.7 Å². The molecule has 0 aliphatic heterocycles. The second-order valence-electron chi connectivity index (χ2n) is 5.36. The quantitative estimate of drug-likeness (QED) is 0.637. The molecule has 2 N–H and O–H groups in total. The lowest BCUT2D eigenvalue weighted by Crippen LogP contribution is -2.17. The smallest absolute Gasteiger partial charge is 0.325 e. The van der Waals surface area contributed by atoms with Crippen LogP contribution in [0, 0.1) is 30.9 Å². The lowest BCUT2D eigenvalue weighted by molar-refractivity contribution is -0.386. The van der Waals surface area contributed by atoms with Gasteiger partial charge >= 0.3 is 5.97 Å². The number of nitrogens with zero attached hydrogens (tertiary/aromatic N) is 3. The maximum atomic E-state index is 12.5. The number of aryl methyl sites for hydroxylation is 2. The van der Waals surface area contributed by atoms with Gasteiger partial charge < -0.3 is 10.4 Å². The molecule has 1 aromatic carbocycles. The summed E-state index contributed by atoms with van der Waals surface area (Å²) in [4.78, 5) is 33.8. The predicted molar refractivity (Wildman–Crippen MR) is 85.1 cm³/mol. The minimum absolute atomic E-state index is 0.0952. The maximum Gasteiger partial charge on any atom is 0.325 e. The van der Waals surface area contributed by atoms with Crippen LogP contribution in [0.15, 0.2) is 18.3 Å². The molecule has 1 amide bonds. The average Bonchev–Trinajstić information content (AvgIpc) is 2.83. The summed E-state index contributed by atoms with van der Waals surface area (Å²) in [5.41, 5.74) is 1.48. The van der Waals surface area contributed by atoms with Gasteiger partial charge in [0, 0.05) is 23.4 Å². The highest BCUT2D eigenvalue weighted by Gasteiger charge is 2.24. The summed E-state index contributed by atoms with van der Waals surface area (Å²) in [6.07, 6.45) is 1.42. The fraction of sp³-hybridized carbons (Fsp3) is 0.267. The van der Waals surface area contributed by atoms with Crippen LogP contribution in [0.3, 0.4) is 0 Å². The van der Waals surface area contributed by atoms with E-state index in [-0.39, 0.29) is 29.2 Å². The number of benzene rings is 1. The molecule has 0 atom stereocenters. The summed E-state index contributed by atoms with van der Waals surface area (Å²) in [5.74, 6) is -1.42. The standard InChI is InChI=1S/C15H16N4O5/c1-8-6-9(2)14(19(23)24)10(3)13(8)15(22)16-11-4-5-18(17-11)7-12(20)21/h4-6H,7H2,1-3H3,(H,20,21)(H,16,17,22). The first-order chi connectivity index (χ1) is 11.2. The van der Waals surface area contributed by atoms with E-state index in [1.165, 1.54) is 19.2 Å². The minimum atomic E-state index is -1.06. The lowest BCUT2D eigenvalue weighted by atomic mass is 9.97. The number of aliphatic carboxylic acids is 1. The van der Waals surface area contributed by atoms with Crippen molar-refractivity contribution in [3.63, 3.8) is 0 Å². The summed E-state index contributed by atoms with van der Waals surface area (Å²) in [7, 11) is 0. The Balaban J connectivity index is 2.33. The summed E-state index contributed by atoms with van der Waals surface area (Å²) in [6.45, 7) is 4.51. The number of carbonyl (C=O) groups excluding carboxylic acids is 1. The summed E-state index contributed by atoms with van der Waals surface area (Å²) in [5, 5.41) is 26.4. The Hall–Kier alpha value is -3.23. The van der Waals surface area contributed by atoms with Crippen molar-refractivity contribution < 1.29 is 19.6 Å². The first kappa shape index (κ1) is 17.1. The molecule has 1 heterocycles. The summed E-state index contributed by atoms with van der Waals surface area (Å²) in [6, 6.07) is 3.04. The number of nitro groups is 1. The monoisotopic (exact) mass is 332 g/mol. The van der Waals surface area contributed by atoms with Crippen molar-refractivity contribution in [1.29, 1.82) is 0 Å². The van der Waals surface area contributed by atoms with Crippen molar-refractivity contribution in [3.05, 3.63) is 50.7 Å². The normalized spacial score (nSPS) is 10.5. The van der Waals surface area contributed by atoms with Gasteiger partial charge in [0.15, 0.2) is 5.82 Å². The fourth-order valence-corrected chi connectivity index (χ4v) is 2.64. The lowest BCUT2D eigenvalue weighted by Gasteiger charge is -2.11. The first-order valence-electron chi connectivity index (χ1n) is 7.02. The Morgan fingerprint density at radius 1 is 1.33 bits per heavy atom. The molecule has 9 heteroatoms. The number of amides is 1. The van der Waals surface area contributed by atoms with E-state index >= 15 is 0 Å². The summed E-state index contributed by atoms with van der Waals surface area (Å²) < 4.78 is 1.16. The molecule has 2 rings (SSSR count). The van der Waals surface area contributed by atoms with Crippen LogP contribution in [-0.4, -0.2) is 31.7 Å². The molecule has 0 aliphatic carbocycles. The topological polar surface area (TPSA) is 127 Å². The van der Waals surface area contributed by atoms with E-state index in [2.05, 4.69) is 10.4 Å². The predicted octanol–water partition coefficient (Wildman–Crippen LogP) is 2.05. The van der Waals surface area contributed by atoms with E-state index in [4.69, 9.17) is 5.11 Å². The third kappa shape index (κ3) is 3.40. The van der Waals surface area contributed by atoms with Gasteiger partial charge in [0.2, 0.25) is 0 Å². The summed E-state index contributed by atoms with van der Waals surface area (Å²) >= 11 is 0. The van der Waals surface area contributed by atoms with Crippen LogP contribution < -0.4 is 5.32 Å². The number of nitrogens with one attached hydrogen (secondary N) is 1. The Morgan fingerprint density at radius 2 is 2.00 bits per heavy atom. The molecule has 0 radical (unpaired) electrons. The Kier molecular flexibility index (Phi) is 4.63. The average molecular weight is 332 g/mol. The van der Waals surface area contributed by atoms with Gasteiger partial charge in [-0.05, 0) is 32.4 Å². The fourth-order valence-electron chi connectivity index (χ4n) is 2.64. The molecular weight excluding hydrogens is 316 g/mol. The van der Waals surface area contributed by atoms with Gasteiger partial charge in [0.25, 0.3) is 11.6 Å². The number of carbonyl (C=O) groups is 2. The van der Waals surface area contributed by atoms with Crippen LogP contribution in [0.5, 0.6) is 0 Å². The van der Waals surface area contributed by atoms with Gasteiger partial charge in [-0.3, -0.25) is 24.4 Å². The molecule has 2 aromatic rings. The third-order valence-corrected chi connectivity index (χ3v) is 3.52. The molecule has 0 unspecified atom stereocenters. The van der Waals surface area contributed by atoms with Crippen LogP contribution in [0.1, 0.15) is 27.0 Å². The van der Waals surface area contributed by atoms with Crippen molar-refractivity contribution in [3.8, 4) is 0 Å². The molecule has 0 saturated heterocycles. The molecule has 126 valence electrons.